The zero-order valence-electron chi connectivity index (χ0n) is 20.6. The van der Waals surface area contributed by atoms with E-state index in [1.807, 2.05) is 24.7 Å². The molecule has 0 aliphatic carbocycles. The van der Waals surface area contributed by atoms with Crippen LogP contribution in [0.1, 0.15) is 46.7 Å². The SMILES string of the molecule is Cc1cc(C2C(c3ccccn3)NC(=S)N2CCCN2CCOCC2)c(C)n1Cc1ccncc1. The van der Waals surface area contributed by atoms with Crippen molar-refractivity contribution in [3.63, 3.8) is 0 Å². The zero-order valence-corrected chi connectivity index (χ0v) is 21.4. The first-order chi connectivity index (χ1) is 17.1. The van der Waals surface area contributed by atoms with Crippen molar-refractivity contribution in [3.05, 3.63) is 83.2 Å². The fourth-order valence-electron chi connectivity index (χ4n) is 5.32. The predicted molar refractivity (Wildman–Crippen MR) is 141 cm³/mol. The third-order valence-electron chi connectivity index (χ3n) is 7.20. The highest BCUT2D eigenvalue weighted by Crippen LogP contribution is 2.41. The molecule has 1 N–H and O–H groups in total. The summed E-state index contributed by atoms with van der Waals surface area (Å²) < 4.78 is 7.90. The molecule has 2 unspecified atom stereocenters. The van der Waals surface area contributed by atoms with Gasteiger partial charge in [0.2, 0.25) is 0 Å². The van der Waals surface area contributed by atoms with E-state index >= 15 is 0 Å². The van der Waals surface area contributed by atoms with Crippen molar-refractivity contribution in [2.45, 2.75) is 38.9 Å². The molecular weight excluding hydrogens is 456 g/mol. The van der Waals surface area contributed by atoms with E-state index < -0.39 is 0 Å². The fourth-order valence-corrected chi connectivity index (χ4v) is 5.65. The maximum Gasteiger partial charge on any atom is 0.170 e. The van der Waals surface area contributed by atoms with E-state index in [0.29, 0.717) is 0 Å². The molecule has 0 saturated carbocycles. The van der Waals surface area contributed by atoms with Crippen LogP contribution in [0.4, 0.5) is 0 Å². The molecule has 0 spiro atoms. The molecule has 2 atom stereocenters. The van der Waals surface area contributed by atoms with Crippen LogP contribution in [0, 0.1) is 13.8 Å². The molecule has 2 aliphatic rings. The van der Waals surface area contributed by atoms with E-state index in [9.17, 15) is 0 Å². The fraction of sp³-hybridized carbons (Fsp3) is 0.444. The summed E-state index contributed by atoms with van der Waals surface area (Å²) in [6.45, 7) is 10.9. The minimum absolute atomic E-state index is 0.0157. The number of rotatable bonds is 8. The monoisotopic (exact) mass is 490 g/mol. The van der Waals surface area contributed by atoms with E-state index in [2.05, 4.69) is 68.8 Å². The molecule has 2 saturated heterocycles. The number of nitrogens with zero attached hydrogens (tertiary/aromatic N) is 5. The highest BCUT2D eigenvalue weighted by molar-refractivity contribution is 7.80. The van der Waals surface area contributed by atoms with E-state index in [1.54, 1.807) is 0 Å². The molecular formula is C27H34N6OS. The van der Waals surface area contributed by atoms with Crippen LogP contribution in [0.25, 0.3) is 0 Å². The van der Waals surface area contributed by atoms with Crippen molar-refractivity contribution in [2.75, 3.05) is 39.4 Å². The Hall–Kier alpha value is -2.81. The second-order valence-electron chi connectivity index (χ2n) is 9.40. The van der Waals surface area contributed by atoms with Gasteiger partial charge in [-0.05, 0) is 73.9 Å². The number of hydrogen-bond acceptors (Lipinski definition) is 5. The van der Waals surface area contributed by atoms with E-state index in [1.165, 1.54) is 22.5 Å². The maximum absolute atomic E-state index is 5.89. The Morgan fingerprint density at radius 1 is 1.06 bits per heavy atom. The molecule has 5 heterocycles. The van der Waals surface area contributed by atoms with Crippen LogP contribution in [0.5, 0.6) is 0 Å². The van der Waals surface area contributed by atoms with Gasteiger partial charge in [-0.3, -0.25) is 14.9 Å². The summed E-state index contributed by atoms with van der Waals surface area (Å²) in [6, 6.07) is 12.7. The maximum atomic E-state index is 5.89. The van der Waals surface area contributed by atoms with Crippen LogP contribution < -0.4 is 5.32 Å². The van der Waals surface area contributed by atoms with Crippen LogP contribution in [-0.4, -0.2) is 68.8 Å². The van der Waals surface area contributed by atoms with E-state index in [4.69, 9.17) is 21.9 Å². The van der Waals surface area contributed by atoms with Crippen LogP contribution in [0.15, 0.2) is 55.0 Å². The first-order valence-corrected chi connectivity index (χ1v) is 12.9. The van der Waals surface area contributed by atoms with Gasteiger partial charge in [-0.15, -0.1) is 0 Å². The number of pyridine rings is 2. The third kappa shape index (κ3) is 5.24. The largest absolute Gasteiger partial charge is 0.379 e. The average Bonchev–Trinajstić information content (AvgIpc) is 3.36. The van der Waals surface area contributed by atoms with Crippen molar-refractivity contribution >= 4 is 17.3 Å². The lowest BCUT2D eigenvalue weighted by Gasteiger charge is -2.30. The molecule has 0 amide bonds. The van der Waals surface area contributed by atoms with Gasteiger partial charge in [-0.25, -0.2) is 0 Å². The summed E-state index contributed by atoms with van der Waals surface area (Å²) in [6.07, 6.45) is 6.64. The van der Waals surface area contributed by atoms with Crippen molar-refractivity contribution in [3.8, 4) is 0 Å². The van der Waals surface area contributed by atoms with Gasteiger partial charge in [-0.1, -0.05) is 6.07 Å². The Kier molecular flexibility index (Phi) is 7.41. The van der Waals surface area contributed by atoms with Crippen LogP contribution in [0.3, 0.4) is 0 Å². The summed E-state index contributed by atoms with van der Waals surface area (Å²) in [5.41, 5.74) is 6.10. The Morgan fingerprint density at radius 2 is 1.86 bits per heavy atom. The summed E-state index contributed by atoms with van der Waals surface area (Å²) in [7, 11) is 0. The molecule has 2 aliphatic heterocycles. The second-order valence-corrected chi connectivity index (χ2v) is 9.78. The van der Waals surface area contributed by atoms with Crippen molar-refractivity contribution < 1.29 is 4.74 Å². The van der Waals surface area contributed by atoms with Crippen molar-refractivity contribution in [1.82, 2.24) is 29.7 Å². The van der Waals surface area contributed by atoms with Gasteiger partial charge in [0.1, 0.15) is 0 Å². The first-order valence-electron chi connectivity index (χ1n) is 12.5. The summed E-state index contributed by atoms with van der Waals surface area (Å²) in [5, 5.41) is 4.42. The highest BCUT2D eigenvalue weighted by atomic mass is 32.1. The number of aromatic nitrogens is 3. The molecule has 8 heteroatoms. The number of aryl methyl sites for hydroxylation is 1. The lowest BCUT2D eigenvalue weighted by molar-refractivity contribution is 0.0365. The molecule has 3 aromatic heterocycles. The van der Waals surface area contributed by atoms with Gasteiger partial charge in [0.15, 0.2) is 5.11 Å². The quantitative estimate of drug-likeness (QED) is 0.484. The Morgan fingerprint density at radius 3 is 2.60 bits per heavy atom. The predicted octanol–water partition coefficient (Wildman–Crippen LogP) is 3.64. The number of ether oxygens (including phenoxy) is 1. The molecule has 0 bridgehead atoms. The Balaban J connectivity index is 1.43. The minimum atomic E-state index is 0.0157. The first kappa shape index (κ1) is 23.9. The summed E-state index contributed by atoms with van der Waals surface area (Å²) in [4.78, 5) is 13.7. The second kappa shape index (κ2) is 10.8. The van der Waals surface area contributed by atoms with Crippen LogP contribution in [-0.2, 0) is 11.3 Å². The minimum Gasteiger partial charge on any atom is -0.379 e. The van der Waals surface area contributed by atoms with E-state index in [0.717, 1.165) is 63.2 Å². The van der Waals surface area contributed by atoms with Gasteiger partial charge in [0.25, 0.3) is 0 Å². The highest BCUT2D eigenvalue weighted by Gasteiger charge is 2.41. The number of thiocarbonyl (C=S) groups is 1. The Labute approximate surface area is 213 Å². The molecule has 3 aromatic rings. The van der Waals surface area contributed by atoms with E-state index in [-0.39, 0.29) is 12.1 Å². The number of hydrogen-bond donors (Lipinski definition) is 1. The lowest BCUT2D eigenvalue weighted by Crippen LogP contribution is -2.39. The molecule has 0 radical (unpaired) electrons. The number of nitrogens with one attached hydrogen (secondary N) is 1. The molecule has 2 fully saturated rings. The summed E-state index contributed by atoms with van der Waals surface area (Å²) in [5.74, 6) is 0. The molecule has 0 aromatic carbocycles. The smallest absolute Gasteiger partial charge is 0.170 e. The summed E-state index contributed by atoms with van der Waals surface area (Å²) >= 11 is 5.89. The third-order valence-corrected chi connectivity index (χ3v) is 7.55. The van der Waals surface area contributed by atoms with Crippen LogP contribution >= 0.6 is 12.2 Å². The van der Waals surface area contributed by atoms with Gasteiger partial charge in [0.05, 0.1) is 31.0 Å². The van der Waals surface area contributed by atoms with Crippen molar-refractivity contribution in [2.24, 2.45) is 0 Å². The standard InChI is InChI=1S/C27H34N6OS/c1-20-18-23(21(2)33(20)19-22-7-10-28-11-8-22)26-25(24-6-3-4-9-29-24)30-27(35)32(26)13-5-12-31-14-16-34-17-15-31/h3-4,6-11,18,25-26H,5,12-17,19H2,1-2H3,(H,30,35). The molecule has 7 nitrogen and oxygen atoms in total. The zero-order chi connectivity index (χ0) is 24.2. The Bertz CT molecular complexity index is 1130. The number of morpholine rings is 1. The van der Waals surface area contributed by atoms with Gasteiger partial charge >= 0.3 is 0 Å². The molecule has 35 heavy (non-hydrogen) atoms. The average molecular weight is 491 g/mol. The van der Waals surface area contributed by atoms with Crippen LogP contribution in [0.2, 0.25) is 0 Å². The van der Waals surface area contributed by atoms with Gasteiger partial charge in [0, 0.05) is 62.7 Å². The topological polar surface area (TPSA) is 58.5 Å². The molecule has 184 valence electrons. The molecule has 5 rings (SSSR count). The van der Waals surface area contributed by atoms with Crippen molar-refractivity contribution in [1.29, 1.82) is 0 Å². The lowest BCUT2D eigenvalue weighted by atomic mass is 9.96. The van der Waals surface area contributed by atoms with Gasteiger partial charge < -0.3 is 19.5 Å². The van der Waals surface area contributed by atoms with Gasteiger partial charge in [-0.2, -0.15) is 0 Å². The normalized spacial score (nSPS) is 20.9.